The Kier molecular flexibility index (Phi) is 5.96. The van der Waals surface area contributed by atoms with Gasteiger partial charge in [-0.2, -0.15) is 0 Å². The highest BCUT2D eigenvalue weighted by Crippen LogP contribution is 2.31. The fourth-order valence-electron chi connectivity index (χ4n) is 2.71. The lowest BCUT2D eigenvalue weighted by molar-refractivity contribution is -0.385. The summed E-state index contributed by atoms with van der Waals surface area (Å²) in [5.41, 5.74) is 1.49. The number of nitrogens with one attached hydrogen (secondary N) is 1. The van der Waals surface area contributed by atoms with Crippen molar-refractivity contribution in [3.63, 3.8) is 0 Å². The van der Waals surface area contributed by atoms with Crippen molar-refractivity contribution in [1.29, 1.82) is 0 Å². The number of carbonyl (C=O) groups is 1. The number of aromatic hydroxyl groups is 1. The fraction of sp³-hybridized carbons (Fsp3) is 0.0500. The van der Waals surface area contributed by atoms with Crippen LogP contribution in [0.5, 0.6) is 5.75 Å². The van der Waals surface area contributed by atoms with Gasteiger partial charge in [0.2, 0.25) is 0 Å². The molecule has 0 unspecified atom stereocenters. The number of phenols is 1. The molecule has 0 heterocycles. The molecule has 0 radical (unpaired) electrons. The summed E-state index contributed by atoms with van der Waals surface area (Å²) in [5.74, 6) is -0.803. The summed E-state index contributed by atoms with van der Waals surface area (Å²) in [7, 11) is 0. The largest absolute Gasteiger partial charge is 0.507 e. The quantitative estimate of drug-likeness (QED) is 0.384. The summed E-state index contributed by atoms with van der Waals surface area (Å²) in [6.45, 7) is 0. The van der Waals surface area contributed by atoms with Crippen LogP contribution in [0, 0.1) is 10.1 Å². The van der Waals surface area contributed by atoms with Crippen molar-refractivity contribution in [2.24, 2.45) is 0 Å². The number of rotatable bonds is 5. The van der Waals surface area contributed by atoms with Crippen molar-refractivity contribution in [1.82, 2.24) is 0 Å². The monoisotopic (exact) mass is 460 g/mol. The van der Waals surface area contributed by atoms with E-state index in [0.717, 1.165) is 5.56 Å². The summed E-state index contributed by atoms with van der Waals surface area (Å²) < 4.78 is 0.297. The van der Waals surface area contributed by atoms with Crippen molar-refractivity contribution in [3.8, 4) is 5.75 Å². The van der Waals surface area contributed by atoms with E-state index in [4.69, 9.17) is 11.6 Å². The molecule has 0 saturated heterocycles. The van der Waals surface area contributed by atoms with Crippen LogP contribution in [-0.2, 0) is 6.42 Å². The van der Waals surface area contributed by atoms with E-state index in [1.165, 1.54) is 24.3 Å². The number of phenolic OH excluding ortho intramolecular Hbond substituents is 1. The van der Waals surface area contributed by atoms with E-state index in [9.17, 15) is 20.0 Å². The number of hydrogen-bond acceptors (Lipinski definition) is 4. The molecular formula is C20H14BrClN2O4. The zero-order valence-electron chi connectivity index (χ0n) is 14.4. The van der Waals surface area contributed by atoms with Crippen LogP contribution >= 0.6 is 27.5 Å². The molecule has 1 amide bonds. The third kappa shape index (κ3) is 4.49. The first kappa shape index (κ1) is 19.9. The second-order valence-corrected chi connectivity index (χ2v) is 7.29. The Balaban J connectivity index is 1.90. The fourth-order valence-corrected chi connectivity index (χ4v) is 3.34. The van der Waals surface area contributed by atoms with E-state index >= 15 is 0 Å². The molecule has 6 nitrogen and oxygen atoms in total. The van der Waals surface area contributed by atoms with Gasteiger partial charge in [0.05, 0.1) is 15.0 Å². The zero-order chi connectivity index (χ0) is 20.3. The molecule has 0 spiro atoms. The number of amides is 1. The Labute approximate surface area is 174 Å². The normalized spacial score (nSPS) is 10.5. The van der Waals surface area contributed by atoms with E-state index < -0.39 is 10.8 Å². The third-order valence-corrected chi connectivity index (χ3v) is 4.93. The van der Waals surface area contributed by atoms with Crippen molar-refractivity contribution < 1.29 is 14.8 Å². The van der Waals surface area contributed by atoms with Crippen molar-refractivity contribution in [3.05, 3.63) is 97.0 Å². The lowest BCUT2D eigenvalue weighted by Crippen LogP contribution is -2.13. The highest BCUT2D eigenvalue weighted by molar-refractivity contribution is 9.10. The number of nitro groups is 1. The minimum absolute atomic E-state index is 0.0102. The maximum atomic E-state index is 12.6. The van der Waals surface area contributed by atoms with Crippen LogP contribution in [0.25, 0.3) is 0 Å². The molecule has 0 atom stereocenters. The van der Waals surface area contributed by atoms with E-state index in [1.807, 2.05) is 30.3 Å². The van der Waals surface area contributed by atoms with Gasteiger partial charge in [-0.15, -0.1) is 0 Å². The Hall–Kier alpha value is -2.90. The molecule has 0 aliphatic carbocycles. The van der Waals surface area contributed by atoms with Crippen LogP contribution in [0.4, 0.5) is 11.4 Å². The molecule has 0 aromatic heterocycles. The predicted octanol–water partition coefficient (Wildman–Crippen LogP) is 5.56. The molecule has 8 heteroatoms. The predicted molar refractivity (Wildman–Crippen MR) is 111 cm³/mol. The molecule has 0 fully saturated rings. The Morgan fingerprint density at radius 1 is 1.14 bits per heavy atom. The average molecular weight is 462 g/mol. The summed E-state index contributed by atoms with van der Waals surface area (Å²) in [5, 5.41) is 24.5. The summed E-state index contributed by atoms with van der Waals surface area (Å²) in [6.07, 6.45) is 0.400. The highest BCUT2D eigenvalue weighted by atomic mass is 79.9. The number of hydrogen-bond donors (Lipinski definition) is 2. The smallest absolute Gasteiger partial charge is 0.285 e. The number of halogens is 2. The van der Waals surface area contributed by atoms with Gasteiger partial charge >= 0.3 is 0 Å². The molecule has 0 aliphatic heterocycles. The standard InChI is InChI=1S/C20H14BrClN2O4/c21-17-7-6-15(11-18(17)24(27)28)23-20(26)16-10-14(22)9-13(19(16)25)8-12-4-2-1-3-5-12/h1-7,9-11,25H,8H2,(H,23,26). The van der Waals surface area contributed by atoms with Gasteiger partial charge in [-0.1, -0.05) is 41.9 Å². The molecule has 142 valence electrons. The van der Waals surface area contributed by atoms with Crippen LogP contribution in [0.2, 0.25) is 5.02 Å². The second-order valence-electron chi connectivity index (χ2n) is 6.00. The molecule has 3 rings (SSSR count). The molecule has 3 aromatic carbocycles. The molecule has 0 bridgehead atoms. The second kappa shape index (κ2) is 8.41. The van der Waals surface area contributed by atoms with Crippen LogP contribution in [0.1, 0.15) is 21.5 Å². The molecule has 0 aliphatic rings. The zero-order valence-corrected chi connectivity index (χ0v) is 16.7. The van der Waals surface area contributed by atoms with E-state index in [0.29, 0.717) is 21.5 Å². The van der Waals surface area contributed by atoms with Gasteiger partial charge in [-0.05, 0) is 45.8 Å². The van der Waals surface area contributed by atoms with Gasteiger partial charge in [0, 0.05) is 28.8 Å². The SMILES string of the molecule is O=C(Nc1ccc(Br)c([N+](=O)[O-])c1)c1cc(Cl)cc(Cc2ccccc2)c1O. The topological polar surface area (TPSA) is 92.5 Å². The lowest BCUT2D eigenvalue weighted by atomic mass is 10.0. The minimum Gasteiger partial charge on any atom is -0.507 e. The van der Waals surface area contributed by atoms with Gasteiger partial charge < -0.3 is 10.4 Å². The number of nitrogens with zero attached hydrogens (tertiary/aromatic N) is 1. The third-order valence-electron chi connectivity index (χ3n) is 4.04. The van der Waals surface area contributed by atoms with Gasteiger partial charge in [0.1, 0.15) is 5.75 Å². The lowest BCUT2D eigenvalue weighted by Gasteiger charge is -2.12. The Bertz CT molecular complexity index is 1060. The van der Waals surface area contributed by atoms with E-state index in [1.54, 1.807) is 6.07 Å². The first-order valence-electron chi connectivity index (χ1n) is 8.15. The van der Waals surface area contributed by atoms with Crippen molar-refractivity contribution >= 4 is 44.8 Å². The Morgan fingerprint density at radius 3 is 2.54 bits per heavy atom. The number of nitro benzene ring substituents is 1. The first-order chi connectivity index (χ1) is 13.3. The summed E-state index contributed by atoms with van der Waals surface area (Å²) in [6, 6.07) is 16.6. The Morgan fingerprint density at radius 2 is 1.86 bits per heavy atom. The summed E-state index contributed by atoms with van der Waals surface area (Å²) in [4.78, 5) is 23.1. The summed E-state index contributed by atoms with van der Waals surface area (Å²) >= 11 is 9.23. The van der Waals surface area contributed by atoms with E-state index in [-0.39, 0.29) is 22.7 Å². The van der Waals surface area contributed by atoms with Crippen LogP contribution in [-0.4, -0.2) is 15.9 Å². The van der Waals surface area contributed by atoms with E-state index in [2.05, 4.69) is 21.2 Å². The van der Waals surface area contributed by atoms with Gasteiger partial charge in [-0.3, -0.25) is 14.9 Å². The molecule has 2 N–H and O–H groups in total. The first-order valence-corrected chi connectivity index (χ1v) is 9.33. The van der Waals surface area contributed by atoms with Crippen molar-refractivity contribution in [2.75, 3.05) is 5.32 Å². The maximum Gasteiger partial charge on any atom is 0.285 e. The number of anilines is 1. The number of benzene rings is 3. The minimum atomic E-state index is -0.620. The maximum absolute atomic E-state index is 12.6. The average Bonchev–Trinajstić information content (AvgIpc) is 2.66. The van der Waals surface area contributed by atoms with Gasteiger partial charge in [0.15, 0.2) is 0 Å². The van der Waals surface area contributed by atoms with Crippen LogP contribution in [0.15, 0.2) is 65.1 Å². The van der Waals surface area contributed by atoms with Gasteiger partial charge in [0.25, 0.3) is 11.6 Å². The highest BCUT2D eigenvalue weighted by Gasteiger charge is 2.19. The van der Waals surface area contributed by atoms with Crippen molar-refractivity contribution in [2.45, 2.75) is 6.42 Å². The molecular weight excluding hydrogens is 448 g/mol. The number of carbonyl (C=O) groups excluding carboxylic acids is 1. The molecule has 3 aromatic rings. The molecule has 28 heavy (non-hydrogen) atoms. The molecule has 0 saturated carbocycles. The van der Waals surface area contributed by atoms with Crippen LogP contribution in [0.3, 0.4) is 0 Å². The van der Waals surface area contributed by atoms with Gasteiger partial charge in [-0.25, -0.2) is 0 Å². The van der Waals surface area contributed by atoms with Crippen LogP contribution < -0.4 is 5.32 Å².